The maximum Gasteiger partial charge on any atom is 0.392 e. The summed E-state index contributed by atoms with van der Waals surface area (Å²) in [5.41, 5.74) is 2.87. The zero-order chi connectivity index (χ0) is 15.2. The average molecular weight is 289 g/mol. The van der Waals surface area contributed by atoms with Gasteiger partial charge in [-0.15, -0.1) is 0 Å². The molecule has 5 heteroatoms. The van der Waals surface area contributed by atoms with Crippen molar-refractivity contribution in [1.82, 2.24) is 5.32 Å². The Labute approximate surface area is 118 Å². The van der Waals surface area contributed by atoms with Crippen LogP contribution in [-0.4, -0.2) is 19.3 Å². The first-order valence-electron chi connectivity index (χ1n) is 6.84. The lowest BCUT2D eigenvalue weighted by molar-refractivity contribution is -0.139. The molecule has 0 aliphatic heterocycles. The maximum atomic E-state index is 12.1. The van der Waals surface area contributed by atoms with Gasteiger partial charge in [-0.25, -0.2) is 0 Å². The van der Waals surface area contributed by atoms with Crippen LogP contribution in [0.2, 0.25) is 0 Å². The van der Waals surface area contributed by atoms with Crippen LogP contribution in [0.15, 0.2) is 12.1 Å². The summed E-state index contributed by atoms with van der Waals surface area (Å²) in [4.78, 5) is 0. The predicted octanol–water partition coefficient (Wildman–Crippen LogP) is 4.13. The van der Waals surface area contributed by atoms with Crippen molar-refractivity contribution in [3.63, 3.8) is 0 Å². The molecule has 1 aromatic rings. The number of benzene rings is 1. The molecule has 0 radical (unpaired) electrons. The molecule has 0 unspecified atom stereocenters. The molecule has 1 aromatic carbocycles. The summed E-state index contributed by atoms with van der Waals surface area (Å²) in [7, 11) is 0. The summed E-state index contributed by atoms with van der Waals surface area (Å²) in [6.45, 7) is 7.19. The van der Waals surface area contributed by atoms with Crippen molar-refractivity contribution >= 4 is 0 Å². The van der Waals surface area contributed by atoms with Crippen LogP contribution in [0.3, 0.4) is 0 Å². The van der Waals surface area contributed by atoms with E-state index in [1.54, 1.807) is 0 Å². The average Bonchev–Trinajstić information content (AvgIpc) is 2.32. The van der Waals surface area contributed by atoms with Gasteiger partial charge in [-0.3, -0.25) is 0 Å². The first kappa shape index (κ1) is 16.8. The van der Waals surface area contributed by atoms with Crippen molar-refractivity contribution in [2.24, 2.45) is 0 Å². The Morgan fingerprint density at radius 1 is 1.15 bits per heavy atom. The number of hydrogen-bond acceptors (Lipinski definition) is 2. The van der Waals surface area contributed by atoms with Crippen molar-refractivity contribution in [3.8, 4) is 5.75 Å². The number of ether oxygens (including phenoxy) is 1. The second-order valence-electron chi connectivity index (χ2n) is 4.95. The lowest BCUT2D eigenvalue weighted by Crippen LogP contribution is -2.15. The summed E-state index contributed by atoms with van der Waals surface area (Å²) >= 11 is 0. The lowest BCUT2D eigenvalue weighted by atomic mass is 10.1. The molecule has 0 atom stereocenters. The van der Waals surface area contributed by atoms with Crippen LogP contribution >= 0.6 is 0 Å². The Hall–Kier alpha value is -1.23. The molecule has 0 aliphatic carbocycles. The van der Waals surface area contributed by atoms with E-state index < -0.39 is 12.6 Å². The van der Waals surface area contributed by atoms with Gasteiger partial charge in [0, 0.05) is 6.54 Å². The van der Waals surface area contributed by atoms with Gasteiger partial charge in [0.25, 0.3) is 0 Å². The minimum atomic E-state index is -4.17. The van der Waals surface area contributed by atoms with Gasteiger partial charge in [-0.2, -0.15) is 13.2 Å². The fourth-order valence-electron chi connectivity index (χ4n) is 2.05. The Kier molecular flexibility index (Phi) is 6.33. The Balaban J connectivity index is 2.64. The molecule has 0 bridgehead atoms. The SMILES string of the molecule is CCCNCc1cc(C)c(OCCC(F)(F)F)c(C)c1. The molecule has 2 nitrogen and oxygen atoms in total. The van der Waals surface area contributed by atoms with E-state index in [1.807, 2.05) is 26.0 Å². The zero-order valence-electron chi connectivity index (χ0n) is 12.2. The molecule has 1 rings (SSSR count). The first-order chi connectivity index (χ1) is 9.33. The molecule has 0 aromatic heterocycles. The number of alkyl halides is 3. The van der Waals surface area contributed by atoms with Crippen molar-refractivity contribution in [3.05, 3.63) is 28.8 Å². The fraction of sp³-hybridized carbons (Fsp3) is 0.600. The molecule has 0 spiro atoms. The summed E-state index contributed by atoms with van der Waals surface area (Å²) in [6, 6.07) is 3.91. The highest BCUT2D eigenvalue weighted by molar-refractivity contribution is 5.43. The highest BCUT2D eigenvalue weighted by atomic mass is 19.4. The van der Waals surface area contributed by atoms with Crippen LogP contribution < -0.4 is 10.1 Å². The molecule has 0 heterocycles. The highest BCUT2D eigenvalue weighted by Gasteiger charge is 2.27. The van der Waals surface area contributed by atoms with Gasteiger partial charge in [0.05, 0.1) is 13.0 Å². The number of hydrogen-bond donors (Lipinski definition) is 1. The van der Waals surface area contributed by atoms with Crippen LogP contribution in [-0.2, 0) is 6.54 Å². The summed E-state index contributed by atoms with van der Waals surface area (Å²) in [6.07, 6.45) is -4.03. The fourth-order valence-corrected chi connectivity index (χ4v) is 2.05. The molecule has 1 N–H and O–H groups in total. The van der Waals surface area contributed by atoms with Gasteiger partial charge in [-0.1, -0.05) is 19.1 Å². The molecule has 0 saturated carbocycles. The third kappa shape index (κ3) is 5.82. The Morgan fingerprint density at radius 2 is 1.75 bits per heavy atom. The van der Waals surface area contributed by atoms with E-state index in [2.05, 4.69) is 12.2 Å². The van der Waals surface area contributed by atoms with E-state index in [1.165, 1.54) is 0 Å². The van der Waals surface area contributed by atoms with E-state index in [4.69, 9.17) is 4.74 Å². The summed E-state index contributed by atoms with van der Waals surface area (Å²) in [5, 5.41) is 3.30. The van der Waals surface area contributed by atoms with Crippen LogP contribution in [0.25, 0.3) is 0 Å². The van der Waals surface area contributed by atoms with Crippen LogP contribution in [0.1, 0.15) is 36.5 Å². The largest absolute Gasteiger partial charge is 0.493 e. The molecule has 0 saturated heterocycles. The predicted molar refractivity (Wildman–Crippen MR) is 74.1 cm³/mol. The number of rotatable bonds is 7. The third-order valence-electron chi connectivity index (χ3n) is 2.91. The molecular weight excluding hydrogens is 267 g/mol. The van der Waals surface area contributed by atoms with Crippen LogP contribution in [0, 0.1) is 13.8 Å². The smallest absolute Gasteiger partial charge is 0.392 e. The van der Waals surface area contributed by atoms with E-state index >= 15 is 0 Å². The molecule has 0 fully saturated rings. The zero-order valence-corrected chi connectivity index (χ0v) is 12.2. The van der Waals surface area contributed by atoms with E-state index in [-0.39, 0.29) is 6.61 Å². The van der Waals surface area contributed by atoms with E-state index in [0.717, 1.165) is 36.2 Å². The molecule has 0 aliphatic rings. The lowest BCUT2D eigenvalue weighted by Gasteiger charge is -2.15. The quantitative estimate of drug-likeness (QED) is 0.762. The first-order valence-corrected chi connectivity index (χ1v) is 6.84. The van der Waals surface area contributed by atoms with Crippen LogP contribution in [0.5, 0.6) is 5.75 Å². The molecule has 114 valence electrons. The van der Waals surface area contributed by atoms with Crippen molar-refractivity contribution in [2.75, 3.05) is 13.2 Å². The monoisotopic (exact) mass is 289 g/mol. The van der Waals surface area contributed by atoms with Gasteiger partial charge in [0.2, 0.25) is 0 Å². The Morgan fingerprint density at radius 3 is 2.25 bits per heavy atom. The van der Waals surface area contributed by atoms with E-state index in [9.17, 15) is 13.2 Å². The summed E-state index contributed by atoms with van der Waals surface area (Å²) in [5.74, 6) is 0.563. The van der Waals surface area contributed by atoms with Gasteiger partial charge < -0.3 is 10.1 Å². The van der Waals surface area contributed by atoms with Gasteiger partial charge in [0.15, 0.2) is 0 Å². The molecule has 0 amide bonds. The van der Waals surface area contributed by atoms with Gasteiger partial charge >= 0.3 is 6.18 Å². The topological polar surface area (TPSA) is 21.3 Å². The number of aryl methyl sites for hydroxylation is 2. The third-order valence-corrected chi connectivity index (χ3v) is 2.91. The minimum Gasteiger partial charge on any atom is -0.493 e. The van der Waals surface area contributed by atoms with Crippen molar-refractivity contribution < 1.29 is 17.9 Å². The number of nitrogens with one attached hydrogen (secondary N) is 1. The molecular formula is C15H22F3NO. The normalized spacial score (nSPS) is 11.7. The minimum absolute atomic E-state index is 0.335. The summed E-state index contributed by atoms with van der Waals surface area (Å²) < 4.78 is 41.6. The van der Waals surface area contributed by atoms with Crippen molar-refractivity contribution in [2.45, 2.75) is 46.3 Å². The highest BCUT2D eigenvalue weighted by Crippen LogP contribution is 2.26. The standard InChI is InChI=1S/C15H22F3NO/c1-4-6-19-10-13-8-11(2)14(12(3)9-13)20-7-5-15(16,17)18/h8-9,19H,4-7,10H2,1-3H3. The van der Waals surface area contributed by atoms with Gasteiger partial charge in [-0.05, 0) is 43.5 Å². The van der Waals surface area contributed by atoms with Crippen LogP contribution in [0.4, 0.5) is 13.2 Å². The van der Waals surface area contributed by atoms with Gasteiger partial charge in [0.1, 0.15) is 5.75 Å². The number of halogens is 3. The van der Waals surface area contributed by atoms with Crippen molar-refractivity contribution in [1.29, 1.82) is 0 Å². The second-order valence-corrected chi connectivity index (χ2v) is 4.95. The molecule has 20 heavy (non-hydrogen) atoms. The van der Waals surface area contributed by atoms with E-state index in [0.29, 0.717) is 5.75 Å². The second kappa shape index (κ2) is 7.53. The Bertz CT molecular complexity index is 407. The maximum absolute atomic E-state index is 12.1.